The zero-order valence-corrected chi connectivity index (χ0v) is 11.3. The Balaban J connectivity index is 2.07. The van der Waals surface area contributed by atoms with Crippen molar-refractivity contribution in [2.45, 2.75) is 33.1 Å². The van der Waals surface area contributed by atoms with Gasteiger partial charge in [-0.2, -0.15) is 0 Å². The summed E-state index contributed by atoms with van der Waals surface area (Å²) in [6.45, 7) is 6.75. The quantitative estimate of drug-likeness (QED) is 0.809. The predicted octanol–water partition coefficient (Wildman–Crippen LogP) is 3.39. The largest absolute Gasteiger partial charge is 0.355 e. The Morgan fingerprint density at radius 1 is 1.35 bits per heavy atom. The lowest BCUT2D eigenvalue weighted by Gasteiger charge is -2.22. The second-order valence-electron chi connectivity index (χ2n) is 5.12. The number of nitrogens with zero attached hydrogens (tertiary/aromatic N) is 3. The lowest BCUT2D eigenvalue weighted by molar-refractivity contribution is 0.351. The molecular weight excluding hydrogens is 234 g/mol. The minimum atomic E-state index is 0.662. The van der Waals surface area contributed by atoms with E-state index in [0.29, 0.717) is 5.02 Å². The van der Waals surface area contributed by atoms with Gasteiger partial charge in [0, 0.05) is 13.1 Å². The van der Waals surface area contributed by atoms with E-state index in [1.54, 1.807) is 12.5 Å². The van der Waals surface area contributed by atoms with Crippen LogP contribution in [0.3, 0.4) is 0 Å². The Kier molecular flexibility index (Phi) is 4.21. The van der Waals surface area contributed by atoms with Crippen LogP contribution in [0.25, 0.3) is 0 Å². The number of rotatable bonds is 2. The first-order valence-electron chi connectivity index (χ1n) is 6.39. The zero-order chi connectivity index (χ0) is 12.3. The fraction of sp³-hybridized carbons (Fsp3) is 0.692. The second-order valence-corrected chi connectivity index (χ2v) is 5.52. The Hall–Kier alpha value is -0.830. The number of hydrogen-bond acceptors (Lipinski definition) is 3. The molecule has 1 saturated heterocycles. The first-order chi connectivity index (χ1) is 8.18. The van der Waals surface area contributed by atoms with Crippen LogP contribution >= 0.6 is 11.6 Å². The van der Waals surface area contributed by atoms with E-state index in [1.165, 1.54) is 19.3 Å². The smallest absolute Gasteiger partial charge is 0.150 e. The predicted molar refractivity (Wildman–Crippen MR) is 71.4 cm³/mol. The molecular formula is C13H20ClN3. The molecule has 1 aromatic rings. The van der Waals surface area contributed by atoms with Crippen molar-refractivity contribution < 1.29 is 0 Å². The van der Waals surface area contributed by atoms with E-state index in [9.17, 15) is 0 Å². The van der Waals surface area contributed by atoms with Gasteiger partial charge in [-0.25, -0.2) is 9.97 Å². The van der Waals surface area contributed by atoms with E-state index in [2.05, 4.69) is 28.7 Å². The average Bonchev–Trinajstić information content (AvgIpc) is 2.55. The summed E-state index contributed by atoms with van der Waals surface area (Å²) in [5.74, 6) is 2.50. The fourth-order valence-electron chi connectivity index (χ4n) is 2.54. The number of halogens is 1. The maximum atomic E-state index is 6.14. The van der Waals surface area contributed by atoms with Crippen molar-refractivity contribution in [1.82, 2.24) is 9.97 Å². The third-order valence-electron chi connectivity index (χ3n) is 3.66. The lowest BCUT2D eigenvalue weighted by Crippen LogP contribution is -2.25. The van der Waals surface area contributed by atoms with Crippen LogP contribution in [0.15, 0.2) is 12.5 Å². The molecule has 94 valence electrons. The van der Waals surface area contributed by atoms with E-state index in [4.69, 9.17) is 11.6 Å². The Morgan fingerprint density at radius 2 is 2.18 bits per heavy atom. The minimum absolute atomic E-state index is 0.662. The molecule has 0 saturated carbocycles. The van der Waals surface area contributed by atoms with Crippen LogP contribution in [-0.4, -0.2) is 23.1 Å². The van der Waals surface area contributed by atoms with Crippen molar-refractivity contribution in [3.63, 3.8) is 0 Å². The number of anilines is 1. The van der Waals surface area contributed by atoms with Gasteiger partial charge in [0.15, 0.2) is 5.82 Å². The van der Waals surface area contributed by atoms with Crippen LogP contribution in [0, 0.1) is 11.8 Å². The van der Waals surface area contributed by atoms with E-state index in [0.717, 1.165) is 30.7 Å². The van der Waals surface area contributed by atoms with Gasteiger partial charge in [0.1, 0.15) is 11.3 Å². The van der Waals surface area contributed by atoms with Gasteiger partial charge in [-0.15, -0.1) is 0 Å². The maximum Gasteiger partial charge on any atom is 0.150 e. The van der Waals surface area contributed by atoms with Gasteiger partial charge in [-0.1, -0.05) is 25.4 Å². The summed E-state index contributed by atoms with van der Waals surface area (Å²) < 4.78 is 0. The van der Waals surface area contributed by atoms with Crippen LogP contribution in [0.4, 0.5) is 5.82 Å². The van der Waals surface area contributed by atoms with Gasteiger partial charge in [0.2, 0.25) is 0 Å². The topological polar surface area (TPSA) is 29.0 Å². The third kappa shape index (κ3) is 3.09. The minimum Gasteiger partial charge on any atom is -0.355 e. The molecule has 2 heterocycles. The van der Waals surface area contributed by atoms with Crippen molar-refractivity contribution in [2.75, 3.05) is 18.0 Å². The van der Waals surface area contributed by atoms with Crippen LogP contribution in [0.1, 0.15) is 33.1 Å². The molecule has 17 heavy (non-hydrogen) atoms. The molecule has 1 aliphatic rings. The lowest BCUT2D eigenvalue weighted by atomic mass is 9.89. The summed E-state index contributed by atoms with van der Waals surface area (Å²) in [6, 6.07) is 0. The van der Waals surface area contributed by atoms with Gasteiger partial charge in [0.05, 0.1) is 6.20 Å². The van der Waals surface area contributed by atoms with Gasteiger partial charge >= 0.3 is 0 Å². The molecule has 0 aliphatic carbocycles. The van der Waals surface area contributed by atoms with Gasteiger partial charge in [0.25, 0.3) is 0 Å². The molecule has 1 atom stereocenters. The van der Waals surface area contributed by atoms with E-state index >= 15 is 0 Å². The molecule has 3 nitrogen and oxygen atoms in total. The van der Waals surface area contributed by atoms with Crippen molar-refractivity contribution in [3.05, 3.63) is 17.5 Å². The molecule has 2 rings (SSSR count). The molecule has 0 spiro atoms. The van der Waals surface area contributed by atoms with E-state index < -0.39 is 0 Å². The first kappa shape index (κ1) is 12.6. The van der Waals surface area contributed by atoms with Crippen LogP contribution in [0.2, 0.25) is 5.02 Å². The summed E-state index contributed by atoms with van der Waals surface area (Å²) in [5, 5.41) is 0.662. The Morgan fingerprint density at radius 3 is 2.88 bits per heavy atom. The first-order valence-corrected chi connectivity index (χ1v) is 6.76. The highest BCUT2D eigenvalue weighted by Gasteiger charge is 2.21. The summed E-state index contributed by atoms with van der Waals surface area (Å²) >= 11 is 6.14. The van der Waals surface area contributed by atoms with Crippen LogP contribution in [-0.2, 0) is 0 Å². The zero-order valence-electron chi connectivity index (χ0n) is 10.6. The monoisotopic (exact) mass is 253 g/mol. The molecule has 1 aliphatic heterocycles. The van der Waals surface area contributed by atoms with Crippen LogP contribution in [0.5, 0.6) is 0 Å². The highest BCUT2D eigenvalue weighted by atomic mass is 35.5. The molecule has 0 aromatic carbocycles. The Bertz CT molecular complexity index is 367. The average molecular weight is 254 g/mol. The molecule has 0 radical (unpaired) electrons. The van der Waals surface area contributed by atoms with Gasteiger partial charge < -0.3 is 4.90 Å². The molecule has 1 fully saturated rings. The second kappa shape index (κ2) is 5.67. The van der Waals surface area contributed by atoms with Gasteiger partial charge in [-0.05, 0) is 31.1 Å². The molecule has 0 bridgehead atoms. The Labute approximate surface area is 108 Å². The van der Waals surface area contributed by atoms with Crippen molar-refractivity contribution in [3.8, 4) is 0 Å². The molecule has 0 amide bonds. The van der Waals surface area contributed by atoms with Gasteiger partial charge in [-0.3, -0.25) is 0 Å². The highest BCUT2D eigenvalue weighted by Crippen LogP contribution is 2.29. The van der Waals surface area contributed by atoms with Crippen LogP contribution < -0.4 is 4.90 Å². The number of aromatic nitrogens is 2. The highest BCUT2D eigenvalue weighted by molar-refractivity contribution is 6.32. The molecule has 1 aromatic heterocycles. The maximum absolute atomic E-state index is 6.14. The van der Waals surface area contributed by atoms with Crippen molar-refractivity contribution in [2.24, 2.45) is 11.8 Å². The van der Waals surface area contributed by atoms with E-state index in [-0.39, 0.29) is 0 Å². The van der Waals surface area contributed by atoms with E-state index in [1.807, 2.05) is 0 Å². The standard InChI is InChI=1S/C13H20ClN3/c1-10(2)11-4-3-6-17(7-5-11)13-12(14)8-15-9-16-13/h8-11H,3-7H2,1-2H3. The summed E-state index contributed by atoms with van der Waals surface area (Å²) in [7, 11) is 0. The molecule has 1 unspecified atom stereocenters. The SMILES string of the molecule is CC(C)C1CCCN(c2ncncc2Cl)CC1. The third-order valence-corrected chi connectivity index (χ3v) is 3.93. The summed E-state index contributed by atoms with van der Waals surface area (Å²) in [6.07, 6.45) is 7.03. The van der Waals surface area contributed by atoms with Crippen molar-refractivity contribution in [1.29, 1.82) is 0 Å². The summed E-state index contributed by atoms with van der Waals surface area (Å²) in [5.41, 5.74) is 0. The number of hydrogen-bond donors (Lipinski definition) is 0. The van der Waals surface area contributed by atoms with Crippen molar-refractivity contribution >= 4 is 17.4 Å². The molecule has 4 heteroatoms. The fourth-order valence-corrected chi connectivity index (χ4v) is 2.76. The summed E-state index contributed by atoms with van der Waals surface area (Å²) in [4.78, 5) is 10.5. The normalized spacial score (nSPS) is 21.6. The molecule has 0 N–H and O–H groups in total.